The minimum Gasteiger partial charge on any atom is -0.481 e. The molecule has 2 atom stereocenters. The molecule has 120 valence electrons. The lowest BCUT2D eigenvalue weighted by Crippen LogP contribution is -2.59. The third-order valence-corrected chi connectivity index (χ3v) is 6.16. The van der Waals surface area contributed by atoms with Crippen molar-refractivity contribution in [1.82, 2.24) is 10.2 Å². The van der Waals surface area contributed by atoms with E-state index in [9.17, 15) is 14.7 Å². The number of aliphatic carboxylic acids is 1. The summed E-state index contributed by atoms with van der Waals surface area (Å²) in [7, 11) is 0. The first-order valence-electron chi connectivity index (χ1n) is 7.86. The summed E-state index contributed by atoms with van der Waals surface area (Å²) in [6, 6.07) is 0.104. The van der Waals surface area contributed by atoms with Crippen LogP contribution in [0, 0.1) is 0 Å². The molecule has 6 heteroatoms. The molecule has 2 amide bonds. The number of hydrogen-bond donors (Lipinski definition) is 2. The van der Waals surface area contributed by atoms with Gasteiger partial charge in [-0.2, -0.15) is 11.8 Å². The molecule has 1 aliphatic heterocycles. The van der Waals surface area contributed by atoms with Gasteiger partial charge in [-0.3, -0.25) is 4.79 Å². The number of carboxylic acid groups (broad SMARTS) is 1. The summed E-state index contributed by atoms with van der Waals surface area (Å²) in [6.07, 6.45) is 4.70. The van der Waals surface area contributed by atoms with Gasteiger partial charge in [0.2, 0.25) is 0 Å². The van der Waals surface area contributed by atoms with Gasteiger partial charge in [-0.05, 0) is 19.8 Å². The summed E-state index contributed by atoms with van der Waals surface area (Å²) in [5, 5.41) is 12.7. The maximum atomic E-state index is 12.6. The van der Waals surface area contributed by atoms with Crippen molar-refractivity contribution >= 4 is 23.8 Å². The normalized spacial score (nSPS) is 29.0. The Labute approximate surface area is 130 Å². The van der Waals surface area contributed by atoms with Gasteiger partial charge in [0.05, 0.1) is 12.0 Å². The highest BCUT2D eigenvalue weighted by atomic mass is 32.2. The van der Waals surface area contributed by atoms with Crippen molar-refractivity contribution in [3.8, 4) is 0 Å². The first kappa shape index (κ1) is 16.5. The van der Waals surface area contributed by atoms with Crippen LogP contribution in [-0.4, -0.2) is 51.1 Å². The zero-order chi connectivity index (χ0) is 15.5. The van der Waals surface area contributed by atoms with Gasteiger partial charge >= 0.3 is 12.0 Å². The molecule has 1 saturated heterocycles. The third-order valence-electron chi connectivity index (χ3n) is 4.82. The van der Waals surface area contributed by atoms with Crippen molar-refractivity contribution in [1.29, 1.82) is 0 Å². The lowest BCUT2D eigenvalue weighted by atomic mass is 9.79. The van der Waals surface area contributed by atoms with E-state index in [0.29, 0.717) is 5.25 Å². The van der Waals surface area contributed by atoms with Gasteiger partial charge in [0.15, 0.2) is 0 Å². The fourth-order valence-corrected chi connectivity index (χ4v) is 4.48. The predicted molar refractivity (Wildman–Crippen MR) is 84.7 cm³/mol. The number of rotatable bonds is 3. The van der Waals surface area contributed by atoms with Gasteiger partial charge in [-0.1, -0.05) is 26.2 Å². The maximum absolute atomic E-state index is 12.6. The molecule has 0 aromatic heterocycles. The van der Waals surface area contributed by atoms with Gasteiger partial charge in [-0.25, -0.2) is 4.79 Å². The number of urea groups is 1. The molecule has 0 bridgehead atoms. The lowest BCUT2D eigenvalue weighted by molar-refractivity contribution is -0.139. The Morgan fingerprint density at radius 1 is 1.29 bits per heavy atom. The van der Waals surface area contributed by atoms with E-state index in [1.165, 1.54) is 0 Å². The van der Waals surface area contributed by atoms with Gasteiger partial charge < -0.3 is 15.3 Å². The van der Waals surface area contributed by atoms with Crippen molar-refractivity contribution in [2.24, 2.45) is 0 Å². The quantitative estimate of drug-likeness (QED) is 0.840. The van der Waals surface area contributed by atoms with Crippen LogP contribution in [0.5, 0.6) is 0 Å². The second-order valence-electron chi connectivity index (χ2n) is 6.35. The molecule has 2 fully saturated rings. The Kier molecular flexibility index (Phi) is 5.41. The smallest absolute Gasteiger partial charge is 0.318 e. The number of carboxylic acids is 1. The number of carbonyl (C=O) groups is 2. The molecular weight excluding hydrogens is 288 g/mol. The molecule has 5 nitrogen and oxygen atoms in total. The van der Waals surface area contributed by atoms with Crippen LogP contribution in [0.25, 0.3) is 0 Å². The van der Waals surface area contributed by atoms with Crippen molar-refractivity contribution in [2.45, 2.75) is 69.2 Å². The van der Waals surface area contributed by atoms with Crippen LogP contribution < -0.4 is 5.32 Å². The molecule has 2 unspecified atom stereocenters. The number of nitrogens with one attached hydrogen (secondary N) is 1. The molecule has 0 aromatic rings. The van der Waals surface area contributed by atoms with E-state index in [1.807, 2.05) is 16.7 Å². The molecule has 0 radical (unpaired) electrons. The maximum Gasteiger partial charge on any atom is 0.318 e. The number of hydrogen-bond acceptors (Lipinski definition) is 3. The number of amides is 2. The summed E-state index contributed by atoms with van der Waals surface area (Å²) in [5.41, 5.74) is -0.547. The Hall–Kier alpha value is -0.910. The van der Waals surface area contributed by atoms with E-state index >= 15 is 0 Å². The van der Waals surface area contributed by atoms with Crippen LogP contribution in [0.4, 0.5) is 4.79 Å². The zero-order valence-electron chi connectivity index (χ0n) is 12.9. The summed E-state index contributed by atoms with van der Waals surface area (Å²) in [6.45, 7) is 4.95. The monoisotopic (exact) mass is 314 g/mol. The minimum absolute atomic E-state index is 0.0330. The van der Waals surface area contributed by atoms with Crippen LogP contribution in [0.2, 0.25) is 0 Å². The molecular formula is C15H26N2O3S. The van der Waals surface area contributed by atoms with Crippen molar-refractivity contribution in [2.75, 3.05) is 12.3 Å². The van der Waals surface area contributed by atoms with E-state index < -0.39 is 11.5 Å². The highest BCUT2D eigenvalue weighted by molar-refractivity contribution is 8.00. The van der Waals surface area contributed by atoms with Crippen LogP contribution in [0.1, 0.15) is 52.4 Å². The summed E-state index contributed by atoms with van der Waals surface area (Å²) in [4.78, 5) is 25.7. The molecule has 1 saturated carbocycles. The van der Waals surface area contributed by atoms with E-state index in [-0.39, 0.29) is 18.5 Å². The summed E-state index contributed by atoms with van der Waals surface area (Å²) in [5.74, 6) is 0.123. The van der Waals surface area contributed by atoms with Gasteiger partial charge in [0.1, 0.15) is 0 Å². The van der Waals surface area contributed by atoms with Crippen molar-refractivity contribution < 1.29 is 14.7 Å². The molecule has 1 aliphatic carbocycles. The minimum atomic E-state index is -0.826. The van der Waals surface area contributed by atoms with E-state index in [4.69, 9.17) is 0 Å². The standard InChI is InChI=1S/C15H26N2O3S/c1-11-12(2)21-9-8-17(11)14(20)16-15(10-13(18)19)6-4-3-5-7-15/h11-12H,3-10H2,1-2H3,(H,16,20)(H,18,19). The summed E-state index contributed by atoms with van der Waals surface area (Å²) < 4.78 is 0. The molecule has 0 spiro atoms. The zero-order valence-corrected chi connectivity index (χ0v) is 13.7. The highest BCUT2D eigenvalue weighted by Crippen LogP contribution is 2.32. The Balaban J connectivity index is 2.05. The van der Waals surface area contributed by atoms with Crippen molar-refractivity contribution in [3.63, 3.8) is 0 Å². The first-order chi connectivity index (χ1) is 9.93. The van der Waals surface area contributed by atoms with Gasteiger partial charge in [0.25, 0.3) is 0 Å². The Bertz CT molecular complexity index is 396. The predicted octanol–water partition coefficient (Wildman–Crippen LogP) is 2.70. The molecule has 2 aliphatic rings. The van der Waals surface area contributed by atoms with Crippen LogP contribution >= 0.6 is 11.8 Å². The fraction of sp³-hybridized carbons (Fsp3) is 0.867. The van der Waals surface area contributed by atoms with Gasteiger partial charge in [-0.15, -0.1) is 0 Å². The SMILES string of the molecule is CC1SCCN(C(=O)NC2(CC(=O)O)CCCCC2)C1C. The lowest BCUT2D eigenvalue weighted by Gasteiger charge is -2.42. The van der Waals surface area contributed by atoms with Crippen molar-refractivity contribution in [3.05, 3.63) is 0 Å². The topological polar surface area (TPSA) is 69.6 Å². The average Bonchev–Trinajstić information content (AvgIpc) is 2.41. The fourth-order valence-electron chi connectivity index (χ4n) is 3.38. The Morgan fingerprint density at radius 3 is 2.57 bits per heavy atom. The van der Waals surface area contributed by atoms with E-state index in [1.54, 1.807) is 0 Å². The van der Waals surface area contributed by atoms with Crippen LogP contribution in [0.3, 0.4) is 0 Å². The van der Waals surface area contributed by atoms with E-state index in [2.05, 4.69) is 19.2 Å². The number of thioether (sulfide) groups is 1. The molecule has 21 heavy (non-hydrogen) atoms. The molecule has 2 N–H and O–H groups in total. The number of nitrogens with zero attached hydrogens (tertiary/aromatic N) is 1. The second kappa shape index (κ2) is 6.90. The van der Waals surface area contributed by atoms with Gasteiger partial charge in [0, 0.05) is 23.6 Å². The average molecular weight is 314 g/mol. The Morgan fingerprint density at radius 2 is 1.95 bits per heavy atom. The molecule has 0 aromatic carbocycles. The second-order valence-corrected chi connectivity index (χ2v) is 7.84. The van der Waals surface area contributed by atoms with E-state index in [0.717, 1.165) is 44.4 Å². The molecule has 2 rings (SSSR count). The largest absolute Gasteiger partial charge is 0.481 e. The summed E-state index contributed by atoms with van der Waals surface area (Å²) >= 11 is 1.89. The van der Waals surface area contributed by atoms with Crippen LogP contribution in [-0.2, 0) is 4.79 Å². The highest BCUT2D eigenvalue weighted by Gasteiger charge is 2.38. The number of carbonyl (C=O) groups excluding carboxylic acids is 1. The third kappa shape index (κ3) is 4.05. The van der Waals surface area contributed by atoms with Crippen LogP contribution in [0.15, 0.2) is 0 Å². The molecule has 1 heterocycles. The first-order valence-corrected chi connectivity index (χ1v) is 8.91.